The van der Waals surface area contributed by atoms with Crippen LogP contribution in [0, 0.1) is 52.8 Å². The molecular weight excluding hydrogens is 706 g/mol. The number of carboxylic acid groups (broad SMARTS) is 1. The predicted octanol–water partition coefficient (Wildman–Crippen LogP) is 4.48. The fourth-order valence-corrected chi connectivity index (χ4v) is 8.82. The molecule has 2 aromatic rings. The van der Waals surface area contributed by atoms with Crippen molar-refractivity contribution in [2.45, 2.75) is 35.4 Å². The van der Waals surface area contributed by atoms with Gasteiger partial charge in [0.25, 0.3) is 11.8 Å². The van der Waals surface area contributed by atoms with Crippen LogP contribution in [0.25, 0.3) is 0 Å². The first kappa shape index (κ1) is 33.0. The van der Waals surface area contributed by atoms with E-state index in [0.717, 1.165) is 4.90 Å². The first-order valence-corrected chi connectivity index (χ1v) is 15.5. The van der Waals surface area contributed by atoms with Crippen LogP contribution in [0.15, 0.2) is 41.7 Å². The van der Waals surface area contributed by atoms with Gasteiger partial charge in [-0.2, -0.15) is 0 Å². The lowest BCUT2D eigenvalue weighted by Crippen LogP contribution is -2.61. The molecule has 2 saturated heterocycles. The van der Waals surface area contributed by atoms with Gasteiger partial charge in [-0.1, -0.05) is 11.6 Å². The molecule has 17 heteroatoms. The van der Waals surface area contributed by atoms with Crippen molar-refractivity contribution in [1.29, 1.82) is 0 Å². The lowest BCUT2D eigenvalue weighted by Gasteiger charge is -2.51. The molecule has 3 fully saturated rings. The average Bonchev–Trinajstić information content (AvgIpc) is 3.39. The molecule has 2 N–H and O–H groups in total. The third-order valence-electron chi connectivity index (χ3n) is 10.0. The summed E-state index contributed by atoms with van der Waals surface area (Å²) in [6, 6.07) is 4.12. The summed E-state index contributed by atoms with van der Waals surface area (Å²) >= 11 is 14.2. The summed E-state index contributed by atoms with van der Waals surface area (Å²) in [6.07, 6.45) is 1.22. The van der Waals surface area contributed by atoms with Crippen molar-refractivity contribution in [2.75, 3.05) is 11.4 Å². The number of imide groups is 2. The normalized spacial score (nSPS) is 30.3. The number of benzene rings is 2. The standard InChI is InChI=1S/C32H21Cl2F5N2O8/c33-31-9-16-14(2-3-15-19(16)28(46)40(27(15)45)6-5-18(43)44)20(12-7-11-8-13(42)1-4-17(11)49-10-12)32(31,34)30(48)41(29(31)47)26-24(38)22(36)21(35)23(37)25(26)39/h1-2,4,8,10,15-16,19-20,42H,3,5-7,9H2,(H,43,44). The summed E-state index contributed by atoms with van der Waals surface area (Å²) in [6.45, 7) is -0.457. The molecule has 3 heterocycles. The van der Waals surface area contributed by atoms with Crippen molar-refractivity contribution in [3.63, 3.8) is 0 Å². The number of carbonyl (C=O) groups is 5. The number of hydrogen-bond donors (Lipinski definition) is 2. The highest BCUT2D eigenvalue weighted by Crippen LogP contribution is 2.65. The topological polar surface area (TPSA) is 142 Å². The maximum atomic E-state index is 15.2. The number of fused-ring (bicyclic) bond motifs is 5. The monoisotopic (exact) mass is 726 g/mol. The van der Waals surface area contributed by atoms with Gasteiger partial charge in [0.05, 0.1) is 24.5 Å². The maximum Gasteiger partial charge on any atom is 0.305 e. The summed E-state index contributed by atoms with van der Waals surface area (Å²) in [5.74, 6) is -23.3. The molecule has 6 unspecified atom stereocenters. The number of nitrogens with zero attached hydrogens (tertiary/aromatic N) is 2. The highest BCUT2D eigenvalue weighted by atomic mass is 35.5. The van der Waals surface area contributed by atoms with Crippen molar-refractivity contribution in [1.82, 2.24) is 4.90 Å². The highest BCUT2D eigenvalue weighted by Gasteiger charge is 2.77. The highest BCUT2D eigenvalue weighted by molar-refractivity contribution is 6.58. The molecule has 6 atom stereocenters. The number of amides is 4. The van der Waals surface area contributed by atoms with Crippen molar-refractivity contribution >= 4 is 58.5 Å². The second kappa shape index (κ2) is 11.0. The first-order valence-electron chi connectivity index (χ1n) is 14.8. The van der Waals surface area contributed by atoms with Gasteiger partial charge < -0.3 is 14.9 Å². The van der Waals surface area contributed by atoms with Crippen molar-refractivity contribution < 1.29 is 60.9 Å². The molecule has 0 spiro atoms. The van der Waals surface area contributed by atoms with Crippen molar-refractivity contribution in [3.05, 3.63) is 76.3 Å². The third kappa shape index (κ3) is 4.33. The minimum Gasteiger partial charge on any atom is -0.508 e. The van der Waals surface area contributed by atoms with Crippen LogP contribution in [0.2, 0.25) is 0 Å². The van der Waals surface area contributed by atoms with E-state index in [1.807, 2.05) is 0 Å². The molecule has 5 aliphatic rings. The molecule has 2 aromatic carbocycles. The van der Waals surface area contributed by atoms with Crippen LogP contribution in [0.1, 0.15) is 24.8 Å². The zero-order valence-corrected chi connectivity index (χ0v) is 26.1. The smallest absolute Gasteiger partial charge is 0.305 e. The van der Waals surface area contributed by atoms with Gasteiger partial charge in [0.1, 0.15) is 17.2 Å². The predicted molar refractivity (Wildman–Crippen MR) is 157 cm³/mol. The van der Waals surface area contributed by atoms with Gasteiger partial charge in [-0.05, 0) is 42.5 Å². The third-order valence-corrected chi connectivity index (χ3v) is 11.4. The van der Waals surface area contributed by atoms with E-state index >= 15 is 8.78 Å². The number of likely N-dealkylation sites (tertiary alicyclic amines) is 1. The number of halogens is 7. The van der Waals surface area contributed by atoms with Gasteiger partial charge in [-0.3, -0.25) is 28.9 Å². The Morgan fingerprint density at radius 3 is 2.24 bits per heavy atom. The van der Waals surface area contributed by atoms with Crippen LogP contribution in [-0.2, 0) is 30.4 Å². The Morgan fingerprint density at radius 2 is 1.59 bits per heavy atom. The Hall–Kier alpha value is -4.50. The van der Waals surface area contributed by atoms with Crippen LogP contribution >= 0.6 is 23.2 Å². The molecule has 0 bridgehead atoms. The molecule has 0 aromatic heterocycles. The lowest BCUT2D eigenvalue weighted by molar-refractivity contribution is -0.142. The minimum absolute atomic E-state index is 0.0988. The molecule has 2 aliphatic carbocycles. The summed E-state index contributed by atoms with van der Waals surface area (Å²) < 4.78 is 78.9. The Morgan fingerprint density at radius 1 is 0.939 bits per heavy atom. The zero-order valence-electron chi connectivity index (χ0n) is 24.6. The Labute approximate surface area is 282 Å². The van der Waals surface area contributed by atoms with Gasteiger partial charge >= 0.3 is 5.97 Å². The van der Waals surface area contributed by atoms with Gasteiger partial charge in [-0.25, -0.2) is 26.9 Å². The molecule has 7 rings (SSSR count). The molecule has 1 saturated carbocycles. The summed E-state index contributed by atoms with van der Waals surface area (Å²) in [5, 5.41) is 19.3. The van der Waals surface area contributed by atoms with E-state index in [9.17, 15) is 42.3 Å². The van der Waals surface area contributed by atoms with Crippen LogP contribution in [0.4, 0.5) is 27.6 Å². The van der Waals surface area contributed by atoms with Crippen LogP contribution in [0.5, 0.6) is 11.5 Å². The number of aromatic hydroxyl groups is 1. The quantitative estimate of drug-likeness (QED) is 0.115. The SMILES string of the molecule is O=C(O)CCN1C(=O)C2CC=C3C(CC4(Cl)C(=O)N(c5c(F)c(F)c(F)c(F)c5F)C(=O)C4(Cl)C3C3=COc4ccc(O)cc4C3)C2C1=O. The van der Waals surface area contributed by atoms with Crippen LogP contribution in [-0.4, -0.2) is 61.0 Å². The van der Waals surface area contributed by atoms with E-state index < -0.39 is 117 Å². The molecular formula is C32H21Cl2F5N2O8. The van der Waals surface area contributed by atoms with Crippen molar-refractivity contribution in [3.8, 4) is 11.5 Å². The molecule has 10 nitrogen and oxygen atoms in total. The number of phenolic OH excluding ortho intramolecular Hbond substituents is 1. The molecule has 0 radical (unpaired) electrons. The Bertz CT molecular complexity index is 1980. The molecule has 49 heavy (non-hydrogen) atoms. The van der Waals surface area contributed by atoms with Crippen LogP contribution < -0.4 is 9.64 Å². The summed E-state index contributed by atoms with van der Waals surface area (Å²) in [4.78, 5) is 62.0. The lowest BCUT2D eigenvalue weighted by atomic mass is 9.56. The number of carboxylic acids is 1. The average molecular weight is 727 g/mol. The van der Waals surface area contributed by atoms with Gasteiger partial charge in [0, 0.05) is 24.4 Å². The van der Waals surface area contributed by atoms with Crippen molar-refractivity contribution in [2.24, 2.45) is 23.7 Å². The number of phenols is 1. The Balaban J connectivity index is 1.41. The fourth-order valence-electron chi connectivity index (χ4n) is 7.87. The Kier molecular flexibility index (Phi) is 7.42. The molecule has 256 valence electrons. The molecule has 4 amide bonds. The van der Waals surface area contributed by atoms with E-state index in [4.69, 9.17) is 33.0 Å². The summed E-state index contributed by atoms with van der Waals surface area (Å²) in [7, 11) is 0. The van der Waals surface area contributed by atoms with E-state index in [-0.39, 0.29) is 40.4 Å². The number of aliphatic carboxylic acids is 1. The van der Waals surface area contributed by atoms with Crippen LogP contribution in [0.3, 0.4) is 0 Å². The second-order valence-electron chi connectivity index (χ2n) is 12.4. The number of hydrogen-bond acceptors (Lipinski definition) is 7. The van der Waals surface area contributed by atoms with E-state index in [2.05, 4.69) is 0 Å². The number of rotatable bonds is 5. The second-order valence-corrected chi connectivity index (χ2v) is 13.7. The number of carbonyl (C=O) groups excluding carboxylic acids is 4. The van der Waals surface area contributed by atoms with E-state index in [0.29, 0.717) is 5.56 Å². The largest absolute Gasteiger partial charge is 0.508 e. The number of allylic oxidation sites excluding steroid dienone is 3. The zero-order chi connectivity index (χ0) is 35.5. The fraction of sp³-hybridized carbons (Fsp3) is 0.344. The van der Waals surface area contributed by atoms with Gasteiger partial charge in [0.15, 0.2) is 33.0 Å². The first-order chi connectivity index (χ1) is 23.0. The van der Waals surface area contributed by atoms with E-state index in [1.54, 1.807) is 0 Å². The number of alkyl halides is 2. The summed E-state index contributed by atoms with van der Waals surface area (Å²) in [5.41, 5.74) is -1.18. The van der Waals surface area contributed by atoms with E-state index in [1.165, 1.54) is 30.5 Å². The number of ether oxygens (including phenoxy) is 1. The number of anilines is 1. The molecule has 3 aliphatic heterocycles. The van der Waals surface area contributed by atoms with Gasteiger partial charge in [0.2, 0.25) is 17.6 Å². The maximum absolute atomic E-state index is 15.2. The van der Waals surface area contributed by atoms with Gasteiger partial charge in [-0.15, -0.1) is 23.2 Å². The minimum atomic E-state index is -2.72.